The monoisotopic (exact) mass is 276 g/mol. The summed E-state index contributed by atoms with van der Waals surface area (Å²) in [6, 6.07) is 0.549. The highest BCUT2D eigenvalue weighted by Gasteiger charge is 2.16. The summed E-state index contributed by atoms with van der Waals surface area (Å²) in [5, 5.41) is 4.58. The topological polar surface area (TPSA) is 17.8 Å². The van der Waals surface area contributed by atoms with Gasteiger partial charge >= 0.3 is 0 Å². The van der Waals surface area contributed by atoms with Crippen LogP contribution >= 0.6 is 0 Å². The molecule has 0 bridgehead atoms. The van der Waals surface area contributed by atoms with E-state index in [0.717, 1.165) is 5.92 Å². The Bertz CT molecular complexity index is 371. The van der Waals surface area contributed by atoms with Gasteiger partial charge in [0.15, 0.2) is 0 Å². The second-order valence-corrected chi connectivity index (χ2v) is 7.06. The van der Waals surface area contributed by atoms with E-state index in [4.69, 9.17) is 0 Å². The molecule has 0 saturated heterocycles. The standard InChI is InChI=1S/C18H32N2/c1-15(2)18-13-19-20(14-18)16(3)12-17-10-8-6-4-5-7-9-11-17/h13-17H,4-12H2,1-3H3. The van der Waals surface area contributed by atoms with Gasteiger partial charge < -0.3 is 0 Å². The second-order valence-electron chi connectivity index (χ2n) is 7.06. The fourth-order valence-corrected chi connectivity index (χ4v) is 3.44. The van der Waals surface area contributed by atoms with Crippen molar-refractivity contribution in [3.05, 3.63) is 18.0 Å². The van der Waals surface area contributed by atoms with E-state index in [-0.39, 0.29) is 0 Å². The van der Waals surface area contributed by atoms with Crippen LogP contribution < -0.4 is 0 Å². The predicted molar refractivity (Wildman–Crippen MR) is 86.1 cm³/mol. The van der Waals surface area contributed by atoms with Gasteiger partial charge in [0.2, 0.25) is 0 Å². The lowest BCUT2D eigenvalue weighted by atomic mass is 9.91. The van der Waals surface area contributed by atoms with Crippen molar-refractivity contribution in [1.82, 2.24) is 9.78 Å². The minimum atomic E-state index is 0.549. The SMILES string of the molecule is CC(C)c1cnn(C(C)CC2CCCCCCCC2)c1. The summed E-state index contributed by atoms with van der Waals surface area (Å²) in [5.74, 6) is 1.50. The summed E-state index contributed by atoms with van der Waals surface area (Å²) in [4.78, 5) is 0. The Morgan fingerprint density at radius 3 is 2.20 bits per heavy atom. The van der Waals surface area contributed by atoms with Crippen LogP contribution in [0, 0.1) is 5.92 Å². The lowest BCUT2D eigenvalue weighted by Gasteiger charge is -2.21. The highest BCUT2D eigenvalue weighted by Crippen LogP contribution is 2.29. The fraction of sp³-hybridized carbons (Fsp3) is 0.833. The summed E-state index contributed by atoms with van der Waals surface area (Å²) < 4.78 is 2.20. The third-order valence-corrected chi connectivity index (χ3v) is 4.89. The van der Waals surface area contributed by atoms with Gasteiger partial charge in [-0.2, -0.15) is 5.10 Å². The highest BCUT2D eigenvalue weighted by atomic mass is 15.3. The average Bonchev–Trinajstić information content (AvgIpc) is 2.93. The van der Waals surface area contributed by atoms with Crippen LogP contribution in [0.1, 0.15) is 96.1 Å². The van der Waals surface area contributed by atoms with E-state index in [1.807, 2.05) is 6.20 Å². The van der Waals surface area contributed by atoms with Gasteiger partial charge in [0, 0.05) is 12.2 Å². The molecule has 1 heterocycles. The molecule has 1 aromatic rings. The smallest absolute Gasteiger partial charge is 0.0524 e. The lowest BCUT2D eigenvalue weighted by Crippen LogP contribution is -2.12. The van der Waals surface area contributed by atoms with Gasteiger partial charge in [-0.3, -0.25) is 4.68 Å². The van der Waals surface area contributed by atoms with Gasteiger partial charge in [0.1, 0.15) is 0 Å². The molecule has 114 valence electrons. The van der Waals surface area contributed by atoms with E-state index < -0.39 is 0 Å². The molecular weight excluding hydrogens is 244 g/mol. The molecule has 0 spiro atoms. The first-order valence-corrected chi connectivity index (χ1v) is 8.71. The van der Waals surface area contributed by atoms with Gasteiger partial charge in [0.05, 0.1) is 6.20 Å². The minimum Gasteiger partial charge on any atom is -0.270 e. The summed E-state index contributed by atoms with van der Waals surface area (Å²) >= 11 is 0. The molecule has 0 aromatic carbocycles. The van der Waals surface area contributed by atoms with Gasteiger partial charge in [-0.05, 0) is 30.7 Å². The Labute approximate surface area is 125 Å². The van der Waals surface area contributed by atoms with Crippen molar-refractivity contribution in [3.8, 4) is 0 Å². The molecule has 0 amide bonds. The van der Waals surface area contributed by atoms with Crippen molar-refractivity contribution in [2.45, 2.75) is 90.5 Å². The van der Waals surface area contributed by atoms with E-state index in [2.05, 4.69) is 36.7 Å². The number of hydrogen-bond donors (Lipinski definition) is 0. The maximum atomic E-state index is 4.58. The van der Waals surface area contributed by atoms with Crippen LogP contribution in [0.4, 0.5) is 0 Å². The zero-order valence-electron chi connectivity index (χ0n) is 13.6. The zero-order chi connectivity index (χ0) is 14.4. The lowest BCUT2D eigenvalue weighted by molar-refractivity contribution is 0.322. The van der Waals surface area contributed by atoms with Gasteiger partial charge in [-0.1, -0.05) is 65.2 Å². The number of hydrogen-bond acceptors (Lipinski definition) is 1. The quantitative estimate of drug-likeness (QED) is 0.689. The van der Waals surface area contributed by atoms with Crippen LogP contribution in [0.3, 0.4) is 0 Å². The van der Waals surface area contributed by atoms with E-state index in [1.165, 1.54) is 63.4 Å². The first kappa shape index (κ1) is 15.6. The maximum Gasteiger partial charge on any atom is 0.0524 e. The molecule has 20 heavy (non-hydrogen) atoms. The largest absolute Gasteiger partial charge is 0.270 e. The molecule has 0 radical (unpaired) electrons. The van der Waals surface area contributed by atoms with Crippen molar-refractivity contribution in [1.29, 1.82) is 0 Å². The molecule has 0 N–H and O–H groups in total. The van der Waals surface area contributed by atoms with Crippen LogP contribution in [-0.2, 0) is 0 Å². The molecular formula is C18H32N2. The molecule has 2 heteroatoms. The third kappa shape index (κ3) is 4.64. The van der Waals surface area contributed by atoms with Crippen LogP contribution in [0.5, 0.6) is 0 Å². The van der Waals surface area contributed by atoms with E-state index in [9.17, 15) is 0 Å². The first-order valence-electron chi connectivity index (χ1n) is 8.71. The van der Waals surface area contributed by atoms with E-state index >= 15 is 0 Å². The fourth-order valence-electron chi connectivity index (χ4n) is 3.44. The molecule has 1 aliphatic rings. The van der Waals surface area contributed by atoms with E-state index in [0.29, 0.717) is 12.0 Å². The predicted octanol–water partition coefficient (Wildman–Crippen LogP) is 5.71. The normalized spacial score (nSPS) is 20.4. The van der Waals surface area contributed by atoms with Gasteiger partial charge in [-0.15, -0.1) is 0 Å². The van der Waals surface area contributed by atoms with Gasteiger partial charge in [-0.25, -0.2) is 0 Å². The highest BCUT2D eigenvalue weighted by molar-refractivity contribution is 5.09. The molecule has 1 atom stereocenters. The molecule has 1 fully saturated rings. The number of nitrogens with zero attached hydrogens (tertiary/aromatic N) is 2. The summed E-state index contributed by atoms with van der Waals surface area (Å²) in [7, 11) is 0. The van der Waals surface area contributed by atoms with Crippen molar-refractivity contribution in [2.24, 2.45) is 5.92 Å². The van der Waals surface area contributed by atoms with Crippen LogP contribution in [0.2, 0.25) is 0 Å². The Morgan fingerprint density at radius 1 is 1.05 bits per heavy atom. The van der Waals surface area contributed by atoms with Crippen molar-refractivity contribution in [3.63, 3.8) is 0 Å². The Morgan fingerprint density at radius 2 is 1.65 bits per heavy atom. The Balaban J connectivity index is 1.89. The number of aromatic nitrogens is 2. The molecule has 1 saturated carbocycles. The second kappa shape index (κ2) is 7.85. The van der Waals surface area contributed by atoms with Crippen molar-refractivity contribution < 1.29 is 0 Å². The van der Waals surface area contributed by atoms with Gasteiger partial charge in [0.25, 0.3) is 0 Å². The molecule has 1 aromatic heterocycles. The van der Waals surface area contributed by atoms with Crippen LogP contribution in [0.25, 0.3) is 0 Å². The molecule has 2 rings (SSSR count). The van der Waals surface area contributed by atoms with E-state index in [1.54, 1.807) is 0 Å². The van der Waals surface area contributed by atoms with Crippen molar-refractivity contribution in [2.75, 3.05) is 0 Å². The third-order valence-electron chi connectivity index (χ3n) is 4.89. The van der Waals surface area contributed by atoms with Crippen molar-refractivity contribution >= 4 is 0 Å². The Kier molecular flexibility index (Phi) is 6.12. The summed E-state index contributed by atoms with van der Waals surface area (Å²) in [6.45, 7) is 6.82. The molecule has 0 aliphatic heterocycles. The van der Waals surface area contributed by atoms with Crippen LogP contribution in [-0.4, -0.2) is 9.78 Å². The average molecular weight is 276 g/mol. The summed E-state index contributed by atoms with van der Waals surface area (Å²) in [6.07, 6.45) is 17.2. The number of rotatable bonds is 4. The summed E-state index contributed by atoms with van der Waals surface area (Å²) in [5.41, 5.74) is 1.37. The molecule has 1 aliphatic carbocycles. The molecule has 1 unspecified atom stereocenters. The first-order chi connectivity index (χ1) is 9.66. The Hall–Kier alpha value is -0.790. The maximum absolute atomic E-state index is 4.58. The van der Waals surface area contributed by atoms with Crippen LogP contribution in [0.15, 0.2) is 12.4 Å². The molecule has 2 nitrogen and oxygen atoms in total. The zero-order valence-corrected chi connectivity index (χ0v) is 13.6. The minimum absolute atomic E-state index is 0.549.